The Hall–Kier alpha value is -0.890. The molecule has 1 aromatic heterocycles. The highest BCUT2D eigenvalue weighted by Gasteiger charge is 2.35. The van der Waals surface area contributed by atoms with Gasteiger partial charge in [-0.3, -0.25) is 4.98 Å². The highest BCUT2D eigenvalue weighted by atomic mass is 14.8. The van der Waals surface area contributed by atoms with E-state index in [2.05, 4.69) is 4.98 Å². The topological polar surface area (TPSA) is 38.9 Å². The zero-order valence-electron chi connectivity index (χ0n) is 5.70. The molecule has 0 spiro atoms. The van der Waals surface area contributed by atoms with Gasteiger partial charge in [-0.15, -0.1) is 0 Å². The molecule has 0 unspecified atom stereocenters. The van der Waals surface area contributed by atoms with Crippen molar-refractivity contribution < 1.29 is 0 Å². The lowest BCUT2D eigenvalue weighted by Gasteiger charge is -1.93. The average molecular weight is 134 g/mol. The number of hydrogen-bond donors (Lipinski definition) is 1. The fourth-order valence-corrected chi connectivity index (χ4v) is 1.15. The molecular weight excluding hydrogens is 124 g/mol. The molecule has 0 amide bonds. The van der Waals surface area contributed by atoms with E-state index in [1.165, 1.54) is 0 Å². The van der Waals surface area contributed by atoms with Gasteiger partial charge in [0.1, 0.15) is 0 Å². The van der Waals surface area contributed by atoms with Gasteiger partial charge in [0.15, 0.2) is 0 Å². The largest absolute Gasteiger partial charge is 0.327 e. The third kappa shape index (κ3) is 0.907. The van der Waals surface area contributed by atoms with Crippen molar-refractivity contribution in [2.24, 2.45) is 5.73 Å². The monoisotopic (exact) mass is 134 g/mol. The Balaban J connectivity index is 2.20. The third-order valence-electron chi connectivity index (χ3n) is 1.91. The van der Waals surface area contributed by atoms with E-state index in [-0.39, 0.29) is 0 Å². The molecule has 1 aliphatic rings. The highest BCUT2D eigenvalue weighted by molar-refractivity contribution is 5.19. The van der Waals surface area contributed by atoms with Crippen LogP contribution in [-0.2, 0) is 0 Å². The van der Waals surface area contributed by atoms with Crippen molar-refractivity contribution in [3.05, 3.63) is 30.1 Å². The van der Waals surface area contributed by atoms with Crippen molar-refractivity contribution in [1.29, 1.82) is 0 Å². The average Bonchev–Trinajstić information content (AvgIpc) is 2.69. The third-order valence-corrected chi connectivity index (χ3v) is 1.91. The van der Waals surface area contributed by atoms with Gasteiger partial charge in [-0.25, -0.2) is 0 Å². The molecule has 1 fully saturated rings. The summed E-state index contributed by atoms with van der Waals surface area (Å²) in [5.74, 6) is 0.543. The maximum Gasteiger partial charge on any atom is 0.0450 e. The van der Waals surface area contributed by atoms with Gasteiger partial charge in [-0.05, 0) is 18.6 Å². The molecule has 0 radical (unpaired) electrons. The zero-order valence-corrected chi connectivity index (χ0v) is 5.70. The Bertz CT molecular complexity index is 220. The molecule has 2 heteroatoms. The minimum atomic E-state index is 0.370. The van der Waals surface area contributed by atoms with Crippen LogP contribution in [0.25, 0.3) is 0 Å². The molecule has 0 aromatic carbocycles. The number of hydrogen-bond acceptors (Lipinski definition) is 2. The maximum atomic E-state index is 5.66. The summed E-state index contributed by atoms with van der Waals surface area (Å²) in [6.07, 6.45) is 2.93. The van der Waals surface area contributed by atoms with Crippen molar-refractivity contribution in [3.8, 4) is 0 Å². The SMILES string of the molecule is N[C@@H]1C[C@H]1c1ccccn1. The molecule has 52 valence electrons. The Morgan fingerprint density at radius 3 is 2.80 bits per heavy atom. The fourth-order valence-electron chi connectivity index (χ4n) is 1.15. The highest BCUT2D eigenvalue weighted by Crippen LogP contribution is 2.37. The minimum absolute atomic E-state index is 0.370. The second-order valence-corrected chi connectivity index (χ2v) is 2.76. The Morgan fingerprint density at radius 1 is 1.50 bits per heavy atom. The van der Waals surface area contributed by atoms with Crippen LogP contribution >= 0.6 is 0 Å². The van der Waals surface area contributed by atoms with E-state index in [9.17, 15) is 0 Å². The predicted octanol–water partition coefficient (Wildman–Crippen LogP) is 0.896. The number of aromatic nitrogens is 1. The van der Waals surface area contributed by atoms with Crippen LogP contribution in [0.15, 0.2) is 24.4 Å². The maximum absolute atomic E-state index is 5.66. The van der Waals surface area contributed by atoms with Crippen LogP contribution in [0.5, 0.6) is 0 Å². The Kier molecular flexibility index (Phi) is 1.21. The molecule has 2 rings (SSSR count). The van der Waals surface area contributed by atoms with Crippen LogP contribution in [0.1, 0.15) is 18.0 Å². The Morgan fingerprint density at radius 2 is 2.30 bits per heavy atom. The lowest BCUT2D eigenvalue weighted by atomic mass is 10.2. The number of nitrogens with two attached hydrogens (primary N) is 1. The molecule has 1 aromatic rings. The lowest BCUT2D eigenvalue weighted by molar-refractivity contribution is 0.945. The second-order valence-electron chi connectivity index (χ2n) is 2.76. The van der Waals surface area contributed by atoms with Crippen LogP contribution in [-0.4, -0.2) is 11.0 Å². The summed E-state index contributed by atoms with van der Waals surface area (Å²) in [6.45, 7) is 0. The summed E-state index contributed by atoms with van der Waals surface area (Å²) in [5, 5.41) is 0. The second kappa shape index (κ2) is 2.06. The summed E-state index contributed by atoms with van der Waals surface area (Å²) in [7, 11) is 0. The Labute approximate surface area is 60.1 Å². The summed E-state index contributed by atoms with van der Waals surface area (Å²) in [5.41, 5.74) is 6.81. The van der Waals surface area contributed by atoms with E-state index in [0.29, 0.717) is 12.0 Å². The number of nitrogens with zero attached hydrogens (tertiary/aromatic N) is 1. The first-order valence-electron chi connectivity index (χ1n) is 3.54. The molecule has 0 saturated heterocycles. The molecule has 0 aliphatic heterocycles. The first-order valence-corrected chi connectivity index (χ1v) is 3.54. The summed E-state index contributed by atoms with van der Waals surface area (Å²) in [4.78, 5) is 4.21. The molecular formula is C8H10N2. The van der Waals surface area contributed by atoms with E-state index < -0.39 is 0 Å². The first kappa shape index (κ1) is 5.86. The molecule has 1 heterocycles. The van der Waals surface area contributed by atoms with E-state index in [0.717, 1.165) is 12.1 Å². The van der Waals surface area contributed by atoms with Crippen molar-refractivity contribution in [2.45, 2.75) is 18.4 Å². The fraction of sp³-hybridized carbons (Fsp3) is 0.375. The van der Waals surface area contributed by atoms with Gasteiger partial charge in [0.25, 0.3) is 0 Å². The van der Waals surface area contributed by atoms with Crippen LogP contribution in [0.2, 0.25) is 0 Å². The van der Waals surface area contributed by atoms with Gasteiger partial charge in [-0.2, -0.15) is 0 Å². The van der Waals surface area contributed by atoms with E-state index in [1.54, 1.807) is 0 Å². The number of rotatable bonds is 1. The van der Waals surface area contributed by atoms with Crippen molar-refractivity contribution >= 4 is 0 Å². The summed E-state index contributed by atoms with van der Waals surface area (Å²) >= 11 is 0. The lowest BCUT2D eigenvalue weighted by Crippen LogP contribution is -2.01. The summed E-state index contributed by atoms with van der Waals surface area (Å²) in [6, 6.07) is 6.34. The van der Waals surface area contributed by atoms with Crippen molar-refractivity contribution in [3.63, 3.8) is 0 Å². The van der Waals surface area contributed by atoms with Gasteiger partial charge >= 0.3 is 0 Å². The van der Waals surface area contributed by atoms with Crippen molar-refractivity contribution in [1.82, 2.24) is 4.98 Å². The van der Waals surface area contributed by atoms with E-state index >= 15 is 0 Å². The van der Waals surface area contributed by atoms with Gasteiger partial charge in [0.05, 0.1) is 0 Å². The van der Waals surface area contributed by atoms with Gasteiger partial charge < -0.3 is 5.73 Å². The smallest absolute Gasteiger partial charge is 0.0450 e. The van der Waals surface area contributed by atoms with Crippen LogP contribution in [0.3, 0.4) is 0 Å². The number of pyridine rings is 1. The quantitative estimate of drug-likeness (QED) is 0.619. The van der Waals surface area contributed by atoms with Crippen LogP contribution < -0.4 is 5.73 Å². The van der Waals surface area contributed by atoms with Crippen LogP contribution in [0.4, 0.5) is 0 Å². The van der Waals surface area contributed by atoms with Gasteiger partial charge in [-0.1, -0.05) is 6.07 Å². The standard InChI is InChI=1S/C8H10N2/c9-7-5-6(7)8-3-1-2-4-10-8/h1-4,6-7H,5,9H2/t6-,7-/m1/s1. The van der Waals surface area contributed by atoms with E-state index in [1.807, 2.05) is 24.4 Å². The molecule has 2 atom stereocenters. The molecule has 1 aliphatic carbocycles. The summed E-state index contributed by atoms with van der Waals surface area (Å²) < 4.78 is 0. The molecule has 1 saturated carbocycles. The van der Waals surface area contributed by atoms with Gasteiger partial charge in [0.2, 0.25) is 0 Å². The first-order chi connectivity index (χ1) is 4.88. The zero-order chi connectivity index (χ0) is 6.97. The van der Waals surface area contributed by atoms with Crippen molar-refractivity contribution in [2.75, 3.05) is 0 Å². The minimum Gasteiger partial charge on any atom is -0.327 e. The molecule has 2 N–H and O–H groups in total. The van der Waals surface area contributed by atoms with Gasteiger partial charge in [0, 0.05) is 23.9 Å². The van der Waals surface area contributed by atoms with E-state index in [4.69, 9.17) is 5.73 Å². The normalized spacial score (nSPS) is 30.1. The molecule has 10 heavy (non-hydrogen) atoms. The van der Waals surface area contributed by atoms with Crippen LogP contribution in [0, 0.1) is 0 Å². The predicted molar refractivity (Wildman–Crippen MR) is 39.6 cm³/mol. The molecule has 2 nitrogen and oxygen atoms in total. The molecule has 0 bridgehead atoms.